The maximum atomic E-state index is 13.0. The van der Waals surface area contributed by atoms with Crippen molar-refractivity contribution in [3.05, 3.63) is 35.6 Å². The second-order valence-electron chi connectivity index (χ2n) is 6.72. The van der Waals surface area contributed by atoms with Crippen LogP contribution in [0, 0.1) is 17.7 Å². The maximum absolute atomic E-state index is 13.0. The first kappa shape index (κ1) is 14.0. The van der Waals surface area contributed by atoms with Gasteiger partial charge in [-0.3, -0.25) is 4.90 Å². The molecule has 0 spiro atoms. The normalized spacial score (nSPS) is 29.4. The third-order valence-corrected chi connectivity index (χ3v) is 4.92. The monoisotopic (exact) mass is 276 g/mol. The molecular formula is C17H25FN2. The lowest BCUT2D eigenvalue weighted by Crippen LogP contribution is -2.51. The van der Waals surface area contributed by atoms with Gasteiger partial charge in [-0.05, 0) is 62.1 Å². The highest BCUT2D eigenvalue weighted by Gasteiger charge is 2.35. The number of likely N-dealkylation sites (tertiary alicyclic amines) is 1. The van der Waals surface area contributed by atoms with Crippen molar-refractivity contribution in [3.63, 3.8) is 0 Å². The summed E-state index contributed by atoms with van der Waals surface area (Å²) < 4.78 is 13.0. The molecule has 2 nitrogen and oxygen atoms in total. The molecule has 110 valence electrons. The van der Waals surface area contributed by atoms with E-state index in [1.54, 1.807) is 12.1 Å². The fourth-order valence-corrected chi connectivity index (χ4v) is 3.60. The Morgan fingerprint density at radius 2 is 1.95 bits per heavy atom. The minimum atomic E-state index is -0.155. The Hall–Kier alpha value is -0.930. The molecule has 3 rings (SSSR count). The molecular weight excluding hydrogens is 251 g/mol. The van der Waals surface area contributed by atoms with E-state index >= 15 is 0 Å². The highest BCUT2D eigenvalue weighted by Crippen LogP contribution is 2.36. The minimum Gasteiger partial charge on any atom is -0.327 e. The van der Waals surface area contributed by atoms with Gasteiger partial charge in [-0.2, -0.15) is 0 Å². The van der Waals surface area contributed by atoms with Gasteiger partial charge in [-0.25, -0.2) is 4.39 Å². The fraction of sp³-hybridized carbons (Fsp3) is 0.647. The molecule has 1 aromatic rings. The Balaban J connectivity index is 1.61. The van der Waals surface area contributed by atoms with Gasteiger partial charge >= 0.3 is 0 Å². The van der Waals surface area contributed by atoms with Crippen molar-refractivity contribution in [1.82, 2.24) is 4.90 Å². The molecule has 1 aliphatic carbocycles. The molecule has 3 unspecified atom stereocenters. The lowest BCUT2D eigenvalue weighted by atomic mass is 9.88. The van der Waals surface area contributed by atoms with E-state index in [-0.39, 0.29) is 11.9 Å². The average molecular weight is 276 g/mol. The van der Waals surface area contributed by atoms with Gasteiger partial charge in [0.05, 0.1) is 0 Å². The largest absolute Gasteiger partial charge is 0.327 e. The molecule has 1 saturated carbocycles. The van der Waals surface area contributed by atoms with Crippen LogP contribution in [0.15, 0.2) is 24.3 Å². The van der Waals surface area contributed by atoms with Crippen molar-refractivity contribution < 1.29 is 4.39 Å². The molecule has 2 fully saturated rings. The molecule has 3 heteroatoms. The van der Waals surface area contributed by atoms with Crippen molar-refractivity contribution in [2.24, 2.45) is 17.6 Å². The van der Waals surface area contributed by atoms with Crippen LogP contribution < -0.4 is 5.73 Å². The van der Waals surface area contributed by atoms with Crippen LogP contribution in [0.5, 0.6) is 0 Å². The quantitative estimate of drug-likeness (QED) is 0.916. The molecule has 2 N–H and O–H groups in total. The van der Waals surface area contributed by atoms with E-state index in [0.717, 1.165) is 31.8 Å². The molecule has 1 aliphatic heterocycles. The van der Waals surface area contributed by atoms with Gasteiger partial charge in [-0.15, -0.1) is 0 Å². The summed E-state index contributed by atoms with van der Waals surface area (Å²) in [6, 6.07) is 7.90. The van der Waals surface area contributed by atoms with Crippen LogP contribution in [-0.2, 0) is 6.42 Å². The van der Waals surface area contributed by atoms with Crippen molar-refractivity contribution in [2.75, 3.05) is 13.1 Å². The second kappa shape index (κ2) is 5.82. The molecule has 3 atom stereocenters. The summed E-state index contributed by atoms with van der Waals surface area (Å²) in [5.41, 5.74) is 7.48. The van der Waals surface area contributed by atoms with Crippen LogP contribution in [0.25, 0.3) is 0 Å². The fourth-order valence-electron chi connectivity index (χ4n) is 3.60. The first-order chi connectivity index (χ1) is 9.61. The zero-order valence-corrected chi connectivity index (χ0v) is 12.3. The smallest absolute Gasteiger partial charge is 0.123 e. The molecule has 0 aromatic heterocycles. The average Bonchev–Trinajstić information content (AvgIpc) is 3.24. The predicted octanol–water partition coefficient (Wildman–Crippen LogP) is 2.82. The second-order valence-corrected chi connectivity index (χ2v) is 6.72. The number of nitrogens with zero attached hydrogens (tertiary/aromatic N) is 1. The molecule has 0 amide bonds. The summed E-state index contributed by atoms with van der Waals surface area (Å²) in [4.78, 5) is 2.58. The number of hydrogen-bond acceptors (Lipinski definition) is 2. The zero-order chi connectivity index (χ0) is 14.1. The van der Waals surface area contributed by atoms with Gasteiger partial charge in [-0.1, -0.05) is 12.1 Å². The SMILES string of the molecule is CC(C1CC1)N1CC(N)CC(Cc2ccc(F)cc2)C1. The summed E-state index contributed by atoms with van der Waals surface area (Å²) in [5, 5.41) is 0. The molecule has 1 saturated heterocycles. The molecule has 20 heavy (non-hydrogen) atoms. The summed E-state index contributed by atoms with van der Waals surface area (Å²) in [7, 11) is 0. The van der Waals surface area contributed by atoms with Crippen LogP contribution >= 0.6 is 0 Å². The van der Waals surface area contributed by atoms with Crippen LogP contribution in [-0.4, -0.2) is 30.1 Å². The van der Waals surface area contributed by atoms with Gasteiger partial charge in [0.25, 0.3) is 0 Å². The third kappa shape index (κ3) is 3.39. The van der Waals surface area contributed by atoms with Gasteiger partial charge in [0.15, 0.2) is 0 Å². The summed E-state index contributed by atoms with van der Waals surface area (Å²) >= 11 is 0. The lowest BCUT2D eigenvalue weighted by Gasteiger charge is -2.40. The summed E-state index contributed by atoms with van der Waals surface area (Å²) in [6.45, 7) is 4.53. The first-order valence-corrected chi connectivity index (χ1v) is 7.86. The molecule has 2 aliphatic rings. The van der Waals surface area contributed by atoms with Crippen LogP contribution in [0.3, 0.4) is 0 Å². The van der Waals surface area contributed by atoms with E-state index in [2.05, 4.69) is 11.8 Å². The Bertz CT molecular complexity index is 441. The van der Waals surface area contributed by atoms with E-state index in [0.29, 0.717) is 12.0 Å². The minimum absolute atomic E-state index is 0.155. The first-order valence-electron chi connectivity index (χ1n) is 7.86. The van der Waals surface area contributed by atoms with Crippen molar-refractivity contribution in [3.8, 4) is 0 Å². The van der Waals surface area contributed by atoms with E-state index in [4.69, 9.17) is 5.73 Å². The number of halogens is 1. The van der Waals surface area contributed by atoms with Crippen LogP contribution in [0.1, 0.15) is 31.7 Å². The number of nitrogens with two attached hydrogens (primary N) is 1. The zero-order valence-electron chi connectivity index (χ0n) is 12.3. The van der Waals surface area contributed by atoms with Gasteiger partial charge in [0.1, 0.15) is 5.82 Å². The predicted molar refractivity (Wildman–Crippen MR) is 79.9 cm³/mol. The van der Waals surface area contributed by atoms with E-state index < -0.39 is 0 Å². The number of hydrogen-bond donors (Lipinski definition) is 1. The summed E-state index contributed by atoms with van der Waals surface area (Å²) in [6.07, 6.45) is 4.87. The molecule has 1 heterocycles. The molecule has 0 radical (unpaired) electrons. The van der Waals surface area contributed by atoms with Crippen LogP contribution in [0.2, 0.25) is 0 Å². The third-order valence-electron chi connectivity index (χ3n) is 4.92. The standard InChI is InChI=1S/C17H25FN2/c1-12(15-4-5-15)20-10-14(9-17(19)11-20)8-13-2-6-16(18)7-3-13/h2-3,6-7,12,14-15,17H,4-5,8-11,19H2,1H3. The highest BCUT2D eigenvalue weighted by molar-refractivity contribution is 5.17. The molecule has 1 aromatic carbocycles. The molecule has 0 bridgehead atoms. The lowest BCUT2D eigenvalue weighted by molar-refractivity contribution is 0.106. The Labute approximate surface area is 121 Å². The number of piperidine rings is 1. The van der Waals surface area contributed by atoms with E-state index in [9.17, 15) is 4.39 Å². The van der Waals surface area contributed by atoms with Crippen molar-refractivity contribution >= 4 is 0 Å². The highest BCUT2D eigenvalue weighted by atomic mass is 19.1. The maximum Gasteiger partial charge on any atom is 0.123 e. The topological polar surface area (TPSA) is 29.3 Å². The Morgan fingerprint density at radius 3 is 2.60 bits per heavy atom. The number of rotatable bonds is 4. The summed E-state index contributed by atoms with van der Waals surface area (Å²) in [5.74, 6) is 1.34. The van der Waals surface area contributed by atoms with Crippen molar-refractivity contribution in [2.45, 2.75) is 44.7 Å². The Kier molecular flexibility index (Phi) is 4.08. The Morgan fingerprint density at radius 1 is 1.25 bits per heavy atom. The van der Waals surface area contributed by atoms with E-state index in [1.807, 2.05) is 12.1 Å². The van der Waals surface area contributed by atoms with Gasteiger partial charge in [0.2, 0.25) is 0 Å². The van der Waals surface area contributed by atoms with E-state index in [1.165, 1.54) is 18.4 Å². The number of benzene rings is 1. The van der Waals surface area contributed by atoms with Gasteiger partial charge < -0.3 is 5.73 Å². The van der Waals surface area contributed by atoms with Gasteiger partial charge in [0, 0.05) is 25.2 Å². The van der Waals surface area contributed by atoms with Crippen LogP contribution in [0.4, 0.5) is 4.39 Å². The van der Waals surface area contributed by atoms with Crippen molar-refractivity contribution in [1.29, 1.82) is 0 Å².